The molecule has 1 aromatic heterocycles. The molecule has 1 aliphatic rings. The highest BCUT2D eigenvalue weighted by molar-refractivity contribution is 4.87. The van der Waals surface area contributed by atoms with E-state index in [1.54, 1.807) is 17.1 Å². The highest BCUT2D eigenvalue weighted by Gasteiger charge is 2.30. The summed E-state index contributed by atoms with van der Waals surface area (Å²) in [7, 11) is 0. The Morgan fingerprint density at radius 2 is 2.17 bits per heavy atom. The third-order valence-corrected chi connectivity index (χ3v) is 2.39. The Hall–Kier alpha value is -0.870. The van der Waals surface area contributed by atoms with Crippen molar-refractivity contribution in [3.05, 3.63) is 18.7 Å². The summed E-state index contributed by atoms with van der Waals surface area (Å²) in [4.78, 5) is 3.93. The zero-order valence-electron chi connectivity index (χ0n) is 6.90. The van der Waals surface area contributed by atoms with E-state index in [1.807, 2.05) is 6.20 Å². The molecule has 0 bridgehead atoms. The smallest absolute Gasteiger partial charge is 0.144 e. The zero-order chi connectivity index (χ0) is 8.44. The van der Waals surface area contributed by atoms with Crippen LogP contribution in [0.5, 0.6) is 0 Å². The van der Waals surface area contributed by atoms with Crippen LogP contribution >= 0.6 is 0 Å². The van der Waals surface area contributed by atoms with Gasteiger partial charge in [0.25, 0.3) is 0 Å². The monoisotopic (exact) mass is 167 g/mol. The van der Waals surface area contributed by atoms with Gasteiger partial charge in [0.1, 0.15) is 5.72 Å². The fraction of sp³-hybridized carbons (Fsp3) is 0.625. The number of rotatable bonds is 1. The Morgan fingerprint density at radius 1 is 1.42 bits per heavy atom. The van der Waals surface area contributed by atoms with Crippen LogP contribution in [-0.4, -0.2) is 27.7 Å². The average Bonchev–Trinajstić information content (AvgIpc) is 2.58. The number of imidazole rings is 1. The summed E-state index contributed by atoms with van der Waals surface area (Å²) in [6.45, 7) is 1.74. The van der Waals surface area contributed by atoms with Gasteiger partial charge >= 0.3 is 0 Å². The lowest BCUT2D eigenvalue weighted by molar-refractivity contribution is -0.0637. The van der Waals surface area contributed by atoms with E-state index in [0.717, 1.165) is 25.9 Å². The van der Waals surface area contributed by atoms with Gasteiger partial charge in [-0.1, -0.05) is 0 Å². The van der Waals surface area contributed by atoms with E-state index in [9.17, 15) is 5.11 Å². The molecule has 66 valence electrons. The molecule has 0 aliphatic carbocycles. The third kappa shape index (κ3) is 1.23. The molecule has 0 amide bonds. The largest absolute Gasteiger partial charge is 0.370 e. The number of piperidine rings is 1. The number of aromatic nitrogens is 2. The molecule has 1 aromatic rings. The molecule has 1 fully saturated rings. The van der Waals surface area contributed by atoms with Crippen LogP contribution in [0.2, 0.25) is 0 Å². The summed E-state index contributed by atoms with van der Waals surface area (Å²) >= 11 is 0. The maximum absolute atomic E-state index is 10.1. The minimum atomic E-state index is -0.707. The number of aliphatic hydroxyl groups is 1. The first-order valence-corrected chi connectivity index (χ1v) is 4.23. The normalized spacial score (nSPS) is 22.4. The van der Waals surface area contributed by atoms with Crippen LogP contribution in [0.3, 0.4) is 0 Å². The lowest BCUT2D eigenvalue weighted by Gasteiger charge is -2.33. The van der Waals surface area contributed by atoms with Crippen molar-refractivity contribution in [1.29, 1.82) is 0 Å². The minimum Gasteiger partial charge on any atom is -0.370 e. The maximum Gasteiger partial charge on any atom is 0.144 e. The van der Waals surface area contributed by atoms with Gasteiger partial charge in [0, 0.05) is 25.2 Å². The quantitative estimate of drug-likeness (QED) is 0.614. The van der Waals surface area contributed by atoms with Crippen molar-refractivity contribution in [1.82, 2.24) is 14.9 Å². The first-order chi connectivity index (χ1) is 5.81. The van der Waals surface area contributed by atoms with Gasteiger partial charge in [-0.15, -0.1) is 0 Å². The van der Waals surface area contributed by atoms with Gasteiger partial charge in [-0.05, 0) is 13.1 Å². The first kappa shape index (κ1) is 7.76. The van der Waals surface area contributed by atoms with Gasteiger partial charge in [0.15, 0.2) is 0 Å². The van der Waals surface area contributed by atoms with Gasteiger partial charge in [0.05, 0.1) is 6.33 Å². The Bertz CT molecular complexity index is 239. The van der Waals surface area contributed by atoms with Crippen LogP contribution in [0, 0.1) is 0 Å². The Kier molecular flexibility index (Phi) is 1.86. The molecule has 2 heterocycles. The van der Waals surface area contributed by atoms with Crippen LogP contribution < -0.4 is 5.32 Å². The number of nitrogens with zero attached hydrogens (tertiary/aromatic N) is 2. The molecule has 4 heteroatoms. The van der Waals surface area contributed by atoms with Crippen LogP contribution in [0.4, 0.5) is 0 Å². The second-order valence-corrected chi connectivity index (χ2v) is 3.20. The molecule has 2 N–H and O–H groups in total. The van der Waals surface area contributed by atoms with Gasteiger partial charge in [-0.2, -0.15) is 0 Å². The molecular formula is C8H13N3O. The van der Waals surface area contributed by atoms with E-state index in [4.69, 9.17) is 0 Å². The van der Waals surface area contributed by atoms with Crippen LogP contribution in [0.15, 0.2) is 18.7 Å². The van der Waals surface area contributed by atoms with Crippen molar-refractivity contribution in [3.63, 3.8) is 0 Å². The number of hydrogen-bond acceptors (Lipinski definition) is 3. The fourth-order valence-corrected chi connectivity index (χ4v) is 1.59. The van der Waals surface area contributed by atoms with E-state index in [2.05, 4.69) is 10.3 Å². The van der Waals surface area contributed by atoms with Gasteiger partial charge in [-0.25, -0.2) is 4.98 Å². The topological polar surface area (TPSA) is 50.1 Å². The van der Waals surface area contributed by atoms with Crippen LogP contribution in [-0.2, 0) is 5.72 Å². The molecular weight excluding hydrogens is 154 g/mol. The molecule has 4 nitrogen and oxygen atoms in total. The van der Waals surface area contributed by atoms with Gasteiger partial charge in [-0.3, -0.25) is 0 Å². The molecule has 12 heavy (non-hydrogen) atoms. The lowest BCUT2D eigenvalue weighted by Crippen LogP contribution is -2.43. The number of nitrogens with one attached hydrogen (secondary N) is 1. The summed E-state index contributed by atoms with van der Waals surface area (Å²) in [5.74, 6) is 0. The van der Waals surface area contributed by atoms with Crippen molar-refractivity contribution in [2.24, 2.45) is 0 Å². The van der Waals surface area contributed by atoms with E-state index in [0.29, 0.717) is 0 Å². The SMILES string of the molecule is OC1(n2ccnc2)CCNCC1. The molecule has 0 unspecified atom stereocenters. The Labute approximate surface area is 71.2 Å². The van der Waals surface area contributed by atoms with Crippen molar-refractivity contribution in [3.8, 4) is 0 Å². The molecule has 1 aliphatic heterocycles. The predicted molar refractivity (Wildman–Crippen MR) is 44.5 cm³/mol. The fourth-order valence-electron chi connectivity index (χ4n) is 1.59. The molecule has 1 saturated heterocycles. The second-order valence-electron chi connectivity index (χ2n) is 3.20. The van der Waals surface area contributed by atoms with E-state index in [1.165, 1.54) is 0 Å². The summed E-state index contributed by atoms with van der Waals surface area (Å²) < 4.78 is 1.79. The molecule has 0 aromatic carbocycles. The summed E-state index contributed by atoms with van der Waals surface area (Å²) in [5.41, 5.74) is -0.707. The molecule has 2 rings (SSSR count). The Balaban J connectivity index is 2.19. The van der Waals surface area contributed by atoms with Crippen molar-refractivity contribution >= 4 is 0 Å². The maximum atomic E-state index is 10.1. The number of hydrogen-bond donors (Lipinski definition) is 2. The summed E-state index contributed by atoms with van der Waals surface area (Å²) in [5, 5.41) is 13.3. The van der Waals surface area contributed by atoms with Crippen molar-refractivity contribution in [2.45, 2.75) is 18.6 Å². The zero-order valence-corrected chi connectivity index (χ0v) is 6.90. The minimum absolute atomic E-state index is 0.707. The molecule has 0 atom stereocenters. The van der Waals surface area contributed by atoms with Crippen LogP contribution in [0.25, 0.3) is 0 Å². The lowest BCUT2D eigenvalue weighted by atomic mass is 10.0. The average molecular weight is 167 g/mol. The predicted octanol–water partition coefficient (Wildman–Crippen LogP) is -0.0884. The summed E-state index contributed by atoms with van der Waals surface area (Å²) in [6, 6.07) is 0. The molecule has 0 radical (unpaired) electrons. The van der Waals surface area contributed by atoms with Crippen LogP contribution in [0.1, 0.15) is 12.8 Å². The van der Waals surface area contributed by atoms with Gasteiger partial charge < -0.3 is 15.0 Å². The van der Waals surface area contributed by atoms with Crippen molar-refractivity contribution < 1.29 is 5.11 Å². The van der Waals surface area contributed by atoms with Gasteiger partial charge in [0.2, 0.25) is 0 Å². The van der Waals surface area contributed by atoms with E-state index < -0.39 is 5.72 Å². The van der Waals surface area contributed by atoms with E-state index >= 15 is 0 Å². The molecule has 0 spiro atoms. The highest BCUT2D eigenvalue weighted by atomic mass is 16.3. The van der Waals surface area contributed by atoms with E-state index in [-0.39, 0.29) is 0 Å². The molecule has 0 saturated carbocycles. The van der Waals surface area contributed by atoms with Crippen molar-refractivity contribution in [2.75, 3.05) is 13.1 Å². The third-order valence-electron chi connectivity index (χ3n) is 2.39. The Morgan fingerprint density at radius 3 is 2.75 bits per heavy atom. The standard InChI is InChI=1S/C8H13N3O/c12-8(1-3-9-4-2-8)11-6-5-10-7-11/h5-7,9,12H,1-4H2. The second kappa shape index (κ2) is 2.88. The highest BCUT2D eigenvalue weighted by Crippen LogP contribution is 2.23. The summed E-state index contributed by atoms with van der Waals surface area (Å²) in [6.07, 6.45) is 6.68. The first-order valence-electron chi connectivity index (χ1n) is 4.23.